The van der Waals surface area contributed by atoms with Crippen LogP contribution in [0.1, 0.15) is 0 Å². The van der Waals surface area contributed by atoms with Gasteiger partial charge >= 0.3 is 0 Å². The van der Waals surface area contributed by atoms with Gasteiger partial charge in [0, 0.05) is 55.5 Å². The van der Waals surface area contributed by atoms with Gasteiger partial charge in [-0.25, -0.2) is 19.9 Å². The van der Waals surface area contributed by atoms with Gasteiger partial charge in [0.1, 0.15) is 0 Å². The van der Waals surface area contributed by atoms with Gasteiger partial charge in [-0.2, -0.15) is 0 Å². The molecule has 0 saturated carbocycles. The quantitative estimate of drug-likeness (QED) is 0.155. The Hall–Kier alpha value is -7.50. The molecule has 258 valence electrons. The number of hydrogen-bond donors (Lipinski definition) is 0. The molecule has 10 rings (SSSR count). The number of hydrogen-bond acceptors (Lipinski definition) is 5. The van der Waals surface area contributed by atoms with Crippen LogP contribution >= 0.6 is 0 Å². The topological polar surface area (TPSA) is 54.8 Å². The van der Waals surface area contributed by atoms with Gasteiger partial charge < -0.3 is 4.90 Å². The second kappa shape index (κ2) is 13.8. The first kappa shape index (κ1) is 32.2. The van der Waals surface area contributed by atoms with E-state index in [0.717, 1.165) is 77.5 Å². The Balaban J connectivity index is 1.14. The van der Waals surface area contributed by atoms with Crippen LogP contribution in [-0.2, 0) is 0 Å². The number of rotatable bonds is 7. The normalized spacial score (nSPS) is 11.3. The number of aromatic nitrogens is 4. The first-order chi connectivity index (χ1) is 27.3. The number of benzene rings is 8. The van der Waals surface area contributed by atoms with E-state index in [1.807, 2.05) is 72.8 Å². The van der Waals surface area contributed by atoms with Crippen molar-refractivity contribution in [2.24, 2.45) is 0 Å². The lowest BCUT2D eigenvalue weighted by atomic mass is 9.94. The summed E-state index contributed by atoms with van der Waals surface area (Å²) in [6, 6.07) is 69.2. The monoisotopic (exact) mass is 703 g/mol. The van der Waals surface area contributed by atoms with Crippen LogP contribution in [0.15, 0.2) is 200 Å². The summed E-state index contributed by atoms with van der Waals surface area (Å²) < 4.78 is 0. The van der Waals surface area contributed by atoms with E-state index < -0.39 is 0 Å². The maximum Gasteiger partial charge on any atom is 0.164 e. The number of nitrogens with zero attached hydrogens (tertiary/aromatic N) is 5. The highest BCUT2D eigenvalue weighted by molar-refractivity contribution is 6.22. The zero-order chi connectivity index (χ0) is 36.6. The summed E-state index contributed by atoms with van der Waals surface area (Å²) in [5.74, 6) is 1.91. The van der Waals surface area contributed by atoms with Crippen LogP contribution in [0.5, 0.6) is 0 Å². The van der Waals surface area contributed by atoms with Crippen LogP contribution in [0.2, 0.25) is 0 Å². The summed E-state index contributed by atoms with van der Waals surface area (Å²) in [7, 11) is 0. The summed E-state index contributed by atoms with van der Waals surface area (Å²) in [6.45, 7) is 0. The van der Waals surface area contributed by atoms with Crippen molar-refractivity contribution in [3.8, 4) is 45.4 Å². The van der Waals surface area contributed by atoms with Crippen LogP contribution in [-0.4, -0.2) is 19.9 Å². The molecule has 0 amide bonds. The second-order valence-corrected chi connectivity index (χ2v) is 13.5. The van der Waals surface area contributed by atoms with E-state index in [1.54, 1.807) is 0 Å². The Morgan fingerprint density at radius 1 is 0.309 bits per heavy atom. The molecule has 55 heavy (non-hydrogen) atoms. The minimum absolute atomic E-state index is 0.627. The zero-order valence-electron chi connectivity index (χ0n) is 29.8. The molecule has 2 aromatic heterocycles. The molecule has 8 aromatic carbocycles. The Labute approximate surface area is 318 Å². The third kappa shape index (κ3) is 6.04. The van der Waals surface area contributed by atoms with Gasteiger partial charge in [0.2, 0.25) is 0 Å². The molecule has 0 fully saturated rings. The molecule has 0 N–H and O–H groups in total. The average Bonchev–Trinajstić information content (AvgIpc) is 3.27. The molecule has 0 spiro atoms. The molecule has 5 heteroatoms. The van der Waals surface area contributed by atoms with E-state index in [1.165, 1.54) is 0 Å². The lowest BCUT2D eigenvalue weighted by Gasteiger charge is -2.25. The fourth-order valence-corrected chi connectivity index (χ4v) is 7.44. The van der Waals surface area contributed by atoms with Crippen LogP contribution in [0, 0.1) is 0 Å². The maximum absolute atomic E-state index is 5.30. The van der Waals surface area contributed by atoms with Crippen molar-refractivity contribution < 1.29 is 0 Å². The van der Waals surface area contributed by atoms with E-state index in [9.17, 15) is 0 Å². The first-order valence-electron chi connectivity index (χ1n) is 18.4. The van der Waals surface area contributed by atoms with Gasteiger partial charge in [-0.3, -0.25) is 0 Å². The van der Waals surface area contributed by atoms with Gasteiger partial charge in [-0.1, -0.05) is 152 Å². The Kier molecular flexibility index (Phi) is 8.08. The van der Waals surface area contributed by atoms with Crippen molar-refractivity contribution in [3.05, 3.63) is 200 Å². The summed E-state index contributed by atoms with van der Waals surface area (Å²) in [6.07, 6.45) is 0. The molecule has 2 heterocycles. The molecular formula is C50H33N5. The second-order valence-electron chi connectivity index (χ2n) is 13.5. The van der Waals surface area contributed by atoms with E-state index >= 15 is 0 Å². The van der Waals surface area contributed by atoms with Gasteiger partial charge in [-0.05, 0) is 59.3 Å². The number of pyridine rings is 1. The lowest BCUT2D eigenvalue weighted by Crippen LogP contribution is -2.09. The molecule has 0 atom stereocenters. The molecule has 0 unspecified atom stereocenters. The van der Waals surface area contributed by atoms with Crippen molar-refractivity contribution in [2.75, 3.05) is 4.90 Å². The predicted octanol–water partition coefficient (Wildman–Crippen LogP) is 12.9. The third-order valence-electron chi connectivity index (χ3n) is 10.1. The SMILES string of the molecule is c1ccc(-c2nc(-c3ccccc3)nc(-c3ccc4ccc5c(-c6ccc(N(c7ccccc7)c7ccccc7)cc6)nc6ccccc6c5c4c3)n2)cc1. The summed E-state index contributed by atoms with van der Waals surface area (Å²) in [5, 5.41) is 5.60. The molecule has 0 bridgehead atoms. The van der Waals surface area contributed by atoms with E-state index in [0.29, 0.717) is 17.5 Å². The standard InChI is InChI=1S/C50H33N5/c1-5-15-36(16-6-1)48-52-49(37-17-7-2-8-18-37)54-50(53-48)38-26-25-34-29-32-43-46(44(34)33-38)42-23-13-14-24-45(42)51-47(43)35-27-30-41(31-28-35)55(39-19-9-3-10-20-39)40-21-11-4-12-22-40/h1-33H. The molecule has 0 radical (unpaired) electrons. The highest BCUT2D eigenvalue weighted by Crippen LogP contribution is 2.40. The zero-order valence-corrected chi connectivity index (χ0v) is 29.8. The molecule has 0 aliphatic rings. The fraction of sp³-hybridized carbons (Fsp3) is 0. The molecule has 10 aromatic rings. The number of anilines is 3. The van der Waals surface area contributed by atoms with E-state index in [4.69, 9.17) is 19.9 Å². The Bertz CT molecular complexity index is 2850. The van der Waals surface area contributed by atoms with Crippen molar-refractivity contribution in [1.29, 1.82) is 0 Å². The average molecular weight is 704 g/mol. The molecular weight excluding hydrogens is 671 g/mol. The largest absolute Gasteiger partial charge is 0.311 e. The fourth-order valence-electron chi connectivity index (χ4n) is 7.44. The van der Waals surface area contributed by atoms with Crippen molar-refractivity contribution in [3.63, 3.8) is 0 Å². The number of para-hydroxylation sites is 3. The first-order valence-corrected chi connectivity index (χ1v) is 18.4. The van der Waals surface area contributed by atoms with Crippen molar-refractivity contribution >= 4 is 49.5 Å². The smallest absolute Gasteiger partial charge is 0.164 e. The van der Waals surface area contributed by atoms with E-state index in [2.05, 4.69) is 132 Å². The Morgan fingerprint density at radius 3 is 1.38 bits per heavy atom. The molecule has 0 saturated heterocycles. The summed E-state index contributed by atoms with van der Waals surface area (Å²) >= 11 is 0. The van der Waals surface area contributed by atoms with Crippen LogP contribution < -0.4 is 4.90 Å². The van der Waals surface area contributed by atoms with Crippen LogP contribution in [0.4, 0.5) is 17.1 Å². The van der Waals surface area contributed by atoms with Gasteiger partial charge in [0.05, 0.1) is 11.2 Å². The van der Waals surface area contributed by atoms with E-state index in [-0.39, 0.29) is 0 Å². The summed E-state index contributed by atoms with van der Waals surface area (Å²) in [4.78, 5) is 22.6. The van der Waals surface area contributed by atoms with Crippen molar-refractivity contribution in [2.45, 2.75) is 0 Å². The number of fused-ring (bicyclic) bond motifs is 5. The minimum Gasteiger partial charge on any atom is -0.311 e. The highest BCUT2D eigenvalue weighted by atomic mass is 15.1. The molecule has 0 aliphatic carbocycles. The maximum atomic E-state index is 5.30. The summed E-state index contributed by atoms with van der Waals surface area (Å²) in [5.41, 5.74) is 9.01. The van der Waals surface area contributed by atoms with Gasteiger partial charge in [0.25, 0.3) is 0 Å². The predicted molar refractivity (Wildman–Crippen MR) is 227 cm³/mol. The third-order valence-corrected chi connectivity index (χ3v) is 10.1. The Morgan fingerprint density at radius 2 is 0.782 bits per heavy atom. The molecule has 5 nitrogen and oxygen atoms in total. The van der Waals surface area contributed by atoms with Crippen molar-refractivity contribution in [1.82, 2.24) is 19.9 Å². The van der Waals surface area contributed by atoms with Gasteiger partial charge in [-0.15, -0.1) is 0 Å². The molecule has 0 aliphatic heterocycles. The van der Waals surface area contributed by atoms with Crippen LogP contribution in [0.3, 0.4) is 0 Å². The highest BCUT2D eigenvalue weighted by Gasteiger charge is 2.18. The lowest BCUT2D eigenvalue weighted by molar-refractivity contribution is 1.07. The minimum atomic E-state index is 0.627. The van der Waals surface area contributed by atoms with Gasteiger partial charge in [0.15, 0.2) is 17.5 Å². The van der Waals surface area contributed by atoms with Crippen LogP contribution in [0.25, 0.3) is 77.9 Å².